The van der Waals surface area contributed by atoms with Crippen LogP contribution in [0.2, 0.25) is 10.0 Å². The molecule has 0 saturated carbocycles. The second-order valence-corrected chi connectivity index (χ2v) is 6.54. The number of carbonyl (C=O) groups excluding carboxylic acids is 1. The summed E-state index contributed by atoms with van der Waals surface area (Å²) in [5.74, 6) is -0.00629. The highest BCUT2D eigenvalue weighted by atomic mass is 35.5. The second kappa shape index (κ2) is 6.02. The molecule has 1 N–H and O–H groups in total. The van der Waals surface area contributed by atoms with Gasteiger partial charge in [0, 0.05) is 23.7 Å². The summed E-state index contributed by atoms with van der Waals surface area (Å²) in [5.41, 5.74) is -0.113. The van der Waals surface area contributed by atoms with Crippen LogP contribution in [-0.4, -0.2) is 40.5 Å². The Morgan fingerprint density at radius 1 is 1.35 bits per heavy atom. The Hall–Kier alpha value is -0.610. The lowest BCUT2D eigenvalue weighted by Crippen LogP contribution is -2.48. The second-order valence-electron chi connectivity index (χ2n) is 5.70. The highest BCUT2D eigenvalue weighted by Gasteiger charge is 2.32. The van der Waals surface area contributed by atoms with Crippen molar-refractivity contribution in [2.24, 2.45) is 0 Å². The van der Waals surface area contributed by atoms with Crippen molar-refractivity contribution < 1.29 is 9.90 Å². The molecule has 0 bridgehead atoms. The first-order valence-corrected chi connectivity index (χ1v) is 7.51. The van der Waals surface area contributed by atoms with Gasteiger partial charge in [-0.05, 0) is 44.9 Å². The first-order valence-electron chi connectivity index (χ1n) is 6.76. The Morgan fingerprint density at radius 3 is 2.50 bits per heavy atom. The van der Waals surface area contributed by atoms with E-state index in [0.717, 1.165) is 0 Å². The summed E-state index contributed by atoms with van der Waals surface area (Å²) in [4.78, 5) is 14.6. The third-order valence-corrected chi connectivity index (χ3v) is 4.55. The first kappa shape index (κ1) is 15.8. The van der Waals surface area contributed by atoms with Gasteiger partial charge in [-0.15, -0.1) is 0 Å². The lowest BCUT2D eigenvalue weighted by Gasteiger charge is -2.38. The maximum Gasteiger partial charge on any atom is 0.181 e. The molecule has 1 aromatic rings. The minimum Gasteiger partial charge on any atom is -0.390 e. The van der Waals surface area contributed by atoms with Gasteiger partial charge in [-0.2, -0.15) is 0 Å². The number of hydrogen-bond donors (Lipinski definition) is 1. The van der Waals surface area contributed by atoms with E-state index in [1.54, 1.807) is 18.2 Å². The lowest BCUT2D eigenvalue weighted by atomic mass is 9.92. The molecule has 1 saturated heterocycles. The molecule has 1 unspecified atom stereocenters. The highest BCUT2D eigenvalue weighted by molar-refractivity contribution is 6.37. The number of hydrogen-bond acceptors (Lipinski definition) is 3. The van der Waals surface area contributed by atoms with Crippen LogP contribution < -0.4 is 0 Å². The molecule has 3 nitrogen and oxygen atoms in total. The van der Waals surface area contributed by atoms with Crippen LogP contribution in [-0.2, 0) is 0 Å². The zero-order chi connectivity index (χ0) is 14.9. The molecule has 1 heterocycles. The summed E-state index contributed by atoms with van der Waals surface area (Å²) in [6.07, 6.45) is 1.36. The normalized spacial score (nSPS) is 20.6. The SMILES string of the molecule is CC(C(=O)c1ccc(Cl)cc1Cl)N1CCC(C)(O)CC1. The molecular formula is C15H19Cl2NO2. The van der Waals surface area contributed by atoms with E-state index in [-0.39, 0.29) is 11.8 Å². The molecule has 1 fully saturated rings. The largest absolute Gasteiger partial charge is 0.390 e. The predicted octanol–water partition coefficient (Wildman–Crippen LogP) is 3.41. The van der Waals surface area contributed by atoms with Gasteiger partial charge in [0.1, 0.15) is 0 Å². The van der Waals surface area contributed by atoms with Gasteiger partial charge in [0.25, 0.3) is 0 Å². The van der Waals surface area contributed by atoms with Gasteiger partial charge in [-0.25, -0.2) is 0 Å². The van der Waals surface area contributed by atoms with Crippen molar-refractivity contribution in [3.8, 4) is 0 Å². The minimum absolute atomic E-state index is 0.00629. The van der Waals surface area contributed by atoms with E-state index in [1.165, 1.54) is 0 Å². The van der Waals surface area contributed by atoms with Crippen molar-refractivity contribution in [3.05, 3.63) is 33.8 Å². The van der Waals surface area contributed by atoms with Gasteiger partial charge in [0.15, 0.2) is 5.78 Å². The van der Waals surface area contributed by atoms with Crippen molar-refractivity contribution >= 4 is 29.0 Å². The fourth-order valence-corrected chi connectivity index (χ4v) is 2.97. The van der Waals surface area contributed by atoms with Gasteiger partial charge in [-0.1, -0.05) is 23.2 Å². The molecule has 0 amide bonds. The monoisotopic (exact) mass is 315 g/mol. The number of ketones is 1. The molecule has 1 aromatic carbocycles. The van der Waals surface area contributed by atoms with Gasteiger partial charge in [0.05, 0.1) is 16.7 Å². The Balaban J connectivity index is 2.09. The van der Waals surface area contributed by atoms with Crippen LogP contribution in [0.15, 0.2) is 18.2 Å². The number of aliphatic hydroxyl groups is 1. The summed E-state index contributed by atoms with van der Waals surface area (Å²) in [5, 5.41) is 10.9. The van der Waals surface area contributed by atoms with Crippen molar-refractivity contribution in [1.82, 2.24) is 4.90 Å². The van der Waals surface area contributed by atoms with Crippen LogP contribution in [0.4, 0.5) is 0 Å². The number of piperidine rings is 1. The zero-order valence-electron chi connectivity index (χ0n) is 11.7. The lowest BCUT2D eigenvalue weighted by molar-refractivity contribution is -0.0127. The van der Waals surface area contributed by atoms with Crippen LogP contribution in [0.1, 0.15) is 37.0 Å². The van der Waals surface area contributed by atoms with E-state index in [9.17, 15) is 9.90 Å². The van der Waals surface area contributed by atoms with Gasteiger partial charge in [0.2, 0.25) is 0 Å². The molecule has 5 heteroatoms. The predicted molar refractivity (Wildman–Crippen MR) is 81.7 cm³/mol. The fourth-order valence-electron chi connectivity index (χ4n) is 2.47. The Morgan fingerprint density at radius 2 is 1.95 bits per heavy atom. The minimum atomic E-state index is -0.614. The summed E-state index contributed by atoms with van der Waals surface area (Å²) in [6.45, 7) is 5.15. The van der Waals surface area contributed by atoms with Crippen molar-refractivity contribution in [1.29, 1.82) is 0 Å². The van der Waals surface area contributed by atoms with E-state index in [0.29, 0.717) is 41.5 Å². The molecule has 0 aliphatic carbocycles. The van der Waals surface area contributed by atoms with Gasteiger partial charge < -0.3 is 5.11 Å². The van der Waals surface area contributed by atoms with E-state index in [4.69, 9.17) is 23.2 Å². The molecule has 110 valence electrons. The average Bonchev–Trinajstić information content (AvgIpc) is 2.37. The summed E-state index contributed by atoms with van der Waals surface area (Å²) in [6, 6.07) is 4.69. The topological polar surface area (TPSA) is 40.5 Å². The van der Waals surface area contributed by atoms with E-state index in [2.05, 4.69) is 4.90 Å². The molecule has 1 atom stereocenters. The molecule has 20 heavy (non-hydrogen) atoms. The Kier molecular flexibility index (Phi) is 4.75. The van der Waals surface area contributed by atoms with Crippen LogP contribution in [0.25, 0.3) is 0 Å². The standard InChI is InChI=1S/C15H19Cl2NO2/c1-10(18-7-5-15(2,20)6-8-18)14(19)12-4-3-11(16)9-13(12)17/h3-4,9-10,20H,5-8H2,1-2H3. The maximum absolute atomic E-state index is 12.5. The highest BCUT2D eigenvalue weighted by Crippen LogP contribution is 2.26. The Labute approximate surface area is 129 Å². The quantitative estimate of drug-likeness (QED) is 0.869. The number of Topliss-reactive ketones (excluding diaryl/α,β-unsaturated/α-hetero) is 1. The summed E-state index contributed by atoms with van der Waals surface area (Å²) in [7, 11) is 0. The molecule has 0 spiro atoms. The van der Waals surface area contributed by atoms with E-state index < -0.39 is 5.60 Å². The molecule has 1 aliphatic rings. The van der Waals surface area contributed by atoms with Crippen molar-refractivity contribution in [3.63, 3.8) is 0 Å². The molecule has 0 aromatic heterocycles. The zero-order valence-corrected chi connectivity index (χ0v) is 13.2. The molecule has 0 radical (unpaired) electrons. The van der Waals surface area contributed by atoms with E-state index >= 15 is 0 Å². The van der Waals surface area contributed by atoms with Gasteiger partial charge in [-0.3, -0.25) is 9.69 Å². The number of halogens is 2. The number of carbonyl (C=O) groups is 1. The number of benzene rings is 1. The maximum atomic E-state index is 12.5. The molecule has 2 rings (SSSR count). The summed E-state index contributed by atoms with van der Waals surface area (Å²) >= 11 is 11.9. The average molecular weight is 316 g/mol. The number of likely N-dealkylation sites (tertiary alicyclic amines) is 1. The van der Waals surface area contributed by atoms with Crippen molar-refractivity contribution in [2.75, 3.05) is 13.1 Å². The van der Waals surface area contributed by atoms with Crippen LogP contribution >= 0.6 is 23.2 Å². The number of nitrogens with zero attached hydrogens (tertiary/aromatic N) is 1. The third kappa shape index (κ3) is 3.53. The Bertz CT molecular complexity index is 507. The number of rotatable bonds is 3. The van der Waals surface area contributed by atoms with E-state index in [1.807, 2.05) is 13.8 Å². The van der Waals surface area contributed by atoms with Crippen LogP contribution in [0.5, 0.6) is 0 Å². The third-order valence-electron chi connectivity index (χ3n) is 4.00. The van der Waals surface area contributed by atoms with Gasteiger partial charge >= 0.3 is 0 Å². The van der Waals surface area contributed by atoms with Crippen molar-refractivity contribution in [2.45, 2.75) is 38.3 Å². The first-order chi connectivity index (χ1) is 9.30. The molecular weight excluding hydrogens is 297 g/mol. The summed E-state index contributed by atoms with van der Waals surface area (Å²) < 4.78 is 0. The van der Waals surface area contributed by atoms with Crippen LogP contribution in [0, 0.1) is 0 Å². The molecule has 1 aliphatic heterocycles. The smallest absolute Gasteiger partial charge is 0.181 e. The van der Waals surface area contributed by atoms with Crippen LogP contribution in [0.3, 0.4) is 0 Å². The fraction of sp³-hybridized carbons (Fsp3) is 0.533.